The van der Waals surface area contributed by atoms with E-state index in [-0.39, 0.29) is 23.4 Å². The van der Waals surface area contributed by atoms with Crippen LogP contribution in [-0.2, 0) is 26.0 Å². The number of amides is 2. The molecule has 40 heavy (non-hydrogen) atoms. The van der Waals surface area contributed by atoms with Crippen LogP contribution in [0.5, 0.6) is 0 Å². The van der Waals surface area contributed by atoms with E-state index >= 15 is 0 Å². The molecule has 0 spiro atoms. The molecular weight excluding hydrogens is 522 g/mol. The fourth-order valence-corrected chi connectivity index (χ4v) is 6.71. The average Bonchev–Trinajstić information content (AvgIpc) is 2.98. The van der Waals surface area contributed by atoms with Gasteiger partial charge in [0.05, 0.1) is 10.6 Å². The van der Waals surface area contributed by atoms with Crippen molar-refractivity contribution in [2.75, 3.05) is 17.4 Å². The van der Waals surface area contributed by atoms with Crippen LogP contribution in [0.25, 0.3) is 0 Å². The molecule has 1 aliphatic carbocycles. The Kier molecular flexibility index (Phi) is 9.98. The second-order valence-corrected chi connectivity index (χ2v) is 12.3. The highest BCUT2D eigenvalue weighted by atomic mass is 32.2. The Bertz CT molecular complexity index is 1370. The number of anilines is 1. The van der Waals surface area contributed by atoms with Crippen molar-refractivity contribution in [3.8, 4) is 0 Å². The molecule has 3 aromatic rings. The van der Waals surface area contributed by atoms with E-state index in [0.29, 0.717) is 12.1 Å². The molecule has 1 saturated carbocycles. The predicted molar refractivity (Wildman–Crippen MR) is 158 cm³/mol. The second kappa shape index (κ2) is 13.6. The number of sulfonamides is 1. The number of rotatable bonds is 11. The molecule has 0 heterocycles. The van der Waals surface area contributed by atoms with E-state index in [1.807, 2.05) is 49.4 Å². The molecule has 0 bridgehead atoms. The molecule has 1 aliphatic rings. The first-order valence-corrected chi connectivity index (χ1v) is 15.5. The quantitative estimate of drug-likeness (QED) is 0.353. The molecule has 0 saturated heterocycles. The molecule has 0 aromatic heterocycles. The molecule has 8 heteroatoms. The Balaban J connectivity index is 1.63. The summed E-state index contributed by atoms with van der Waals surface area (Å²) in [4.78, 5) is 29.0. The minimum absolute atomic E-state index is 0.102. The molecule has 7 nitrogen and oxygen atoms in total. The average molecular weight is 562 g/mol. The standard InChI is InChI=1S/C32H39N3O4S/c1-25-14-12-13-21-30(25)35(40(38,39)29-19-10-5-11-20-29)24-31(36)34(23-22-27-15-6-3-7-16-27)26(2)32(37)33-28-17-8-4-9-18-28/h3,5-7,10-16,19-21,26,28H,4,8-9,17-18,22-24H2,1-2H3,(H,33,37)/t26-/m0/s1. The number of hydrogen-bond acceptors (Lipinski definition) is 4. The van der Waals surface area contributed by atoms with Gasteiger partial charge < -0.3 is 10.2 Å². The van der Waals surface area contributed by atoms with Gasteiger partial charge in [-0.15, -0.1) is 0 Å². The van der Waals surface area contributed by atoms with E-state index in [2.05, 4.69) is 5.32 Å². The fraction of sp³-hybridized carbons (Fsp3) is 0.375. The minimum atomic E-state index is -4.06. The first-order valence-electron chi connectivity index (χ1n) is 14.0. The molecule has 2 amide bonds. The third kappa shape index (κ3) is 7.30. The van der Waals surface area contributed by atoms with Crippen LogP contribution in [-0.4, -0.2) is 50.3 Å². The van der Waals surface area contributed by atoms with Gasteiger partial charge in [0.1, 0.15) is 12.6 Å². The van der Waals surface area contributed by atoms with E-state index in [0.717, 1.165) is 36.8 Å². The SMILES string of the molecule is Cc1ccccc1N(CC(=O)N(CCc1ccccc1)[C@@H](C)C(=O)NC1CCCCC1)S(=O)(=O)c1ccccc1. The van der Waals surface area contributed by atoms with Crippen LogP contribution in [0.2, 0.25) is 0 Å². The van der Waals surface area contributed by atoms with Crippen LogP contribution in [0.1, 0.15) is 50.2 Å². The first-order chi connectivity index (χ1) is 19.3. The number of benzene rings is 3. The molecular formula is C32H39N3O4S. The van der Waals surface area contributed by atoms with Crippen LogP contribution in [0.4, 0.5) is 5.69 Å². The monoisotopic (exact) mass is 561 g/mol. The molecule has 1 fully saturated rings. The maximum Gasteiger partial charge on any atom is 0.264 e. The van der Waals surface area contributed by atoms with Crippen molar-refractivity contribution < 1.29 is 18.0 Å². The zero-order valence-electron chi connectivity index (χ0n) is 23.3. The van der Waals surface area contributed by atoms with Gasteiger partial charge in [0, 0.05) is 12.6 Å². The van der Waals surface area contributed by atoms with Crippen molar-refractivity contribution in [3.63, 3.8) is 0 Å². The Hall–Kier alpha value is -3.65. The van der Waals surface area contributed by atoms with Gasteiger partial charge in [0.15, 0.2) is 0 Å². The smallest absolute Gasteiger partial charge is 0.264 e. The van der Waals surface area contributed by atoms with E-state index in [9.17, 15) is 18.0 Å². The first kappa shape index (κ1) is 29.3. The molecule has 0 aliphatic heterocycles. The lowest BCUT2D eigenvalue weighted by Crippen LogP contribution is -2.53. The van der Waals surface area contributed by atoms with E-state index in [4.69, 9.17) is 0 Å². The zero-order valence-corrected chi connectivity index (χ0v) is 24.1. The van der Waals surface area contributed by atoms with Crippen LogP contribution in [0.15, 0.2) is 89.8 Å². The maximum atomic E-state index is 14.0. The zero-order chi connectivity index (χ0) is 28.5. The summed E-state index contributed by atoms with van der Waals surface area (Å²) in [5, 5.41) is 3.14. The highest BCUT2D eigenvalue weighted by Gasteiger charge is 2.33. The van der Waals surface area contributed by atoms with Crippen LogP contribution >= 0.6 is 0 Å². The predicted octanol–water partition coefficient (Wildman–Crippen LogP) is 5.10. The minimum Gasteiger partial charge on any atom is -0.352 e. The number of nitrogens with zero attached hydrogens (tertiary/aromatic N) is 2. The number of carbonyl (C=O) groups is 2. The molecule has 212 valence electrons. The lowest BCUT2D eigenvalue weighted by molar-refractivity contribution is -0.139. The van der Waals surface area contributed by atoms with Gasteiger partial charge in [-0.1, -0.05) is 86.0 Å². The van der Waals surface area contributed by atoms with Gasteiger partial charge in [-0.3, -0.25) is 13.9 Å². The normalized spacial score (nSPS) is 14.8. The molecule has 1 N–H and O–H groups in total. The van der Waals surface area contributed by atoms with Crippen molar-refractivity contribution in [2.24, 2.45) is 0 Å². The lowest BCUT2D eigenvalue weighted by atomic mass is 9.95. The topological polar surface area (TPSA) is 86.8 Å². The number of carbonyl (C=O) groups excluding carboxylic acids is 2. The van der Waals surface area contributed by atoms with Gasteiger partial charge in [-0.25, -0.2) is 8.42 Å². The van der Waals surface area contributed by atoms with Crippen LogP contribution in [0.3, 0.4) is 0 Å². The summed E-state index contributed by atoms with van der Waals surface area (Å²) in [6.07, 6.45) is 5.76. The molecule has 3 aromatic carbocycles. The van der Waals surface area contributed by atoms with Crippen LogP contribution < -0.4 is 9.62 Å². The van der Waals surface area contributed by atoms with E-state index in [1.54, 1.807) is 37.3 Å². The molecule has 4 rings (SSSR count). The van der Waals surface area contributed by atoms with Crippen molar-refractivity contribution in [1.29, 1.82) is 0 Å². The van der Waals surface area contributed by atoms with Gasteiger partial charge in [-0.2, -0.15) is 0 Å². The van der Waals surface area contributed by atoms with Crippen molar-refractivity contribution in [2.45, 2.75) is 69.4 Å². The lowest BCUT2D eigenvalue weighted by Gasteiger charge is -2.33. The maximum absolute atomic E-state index is 14.0. The van der Waals surface area contributed by atoms with Crippen molar-refractivity contribution in [3.05, 3.63) is 96.1 Å². The third-order valence-electron chi connectivity index (χ3n) is 7.60. The summed E-state index contributed by atoms with van der Waals surface area (Å²) in [6.45, 7) is 3.42. The summed E-state index contributed by atoms with van der Waals surface area (Å²) in [6, 6.07) is 24.4. The van der Waals surface area contributed by atoms with E-state index in [1.165, 1.54) is 27.8 Å². The van der Waals surface area contributed by atoms with Crippen molar-refractivity contribution in [1.82, 2.24) is 10.2 Å². The second-order valence-electron chi connectivity index (χ2n) is 10.5. The summed E-state index contributed by atoms with van der Waals surface area (Å²) in [5.41, 5.74) is 2.20. The van der Waals surface area contributed by atoms with Crippen LogP contribution in [0, 0.1) is 6.92 Å². The summed E-state index contributed by atoms with van der Waals surface area (Å²) < 4.78 is 28.9. The molecule has 1 atom stereocenters. The number of nitrogens with one attached hydrogen (secondary N) is 1. The van der Waals surface area contributed by atoms with Gasteiger partial charge in [0.2, 0.25) is 11.8 Å². The Morgan fingerprint density at radius 2 is 1.48 bits per heavy atom. The van der Waals surface area contributed by atoms with Gasteiger partial charge in [0.25, 0.3) is 10.0 Å². The molecule has 0 unspecified atom stereocenters. The summed E-state index contributed by atoms with van der Waals surface area (Å²) >= 11 is 0. The molecule has 0 radical (unpaired) electrons. The Labute approximate surface area is 238 Å². The van der Waals surface area contributed by atoms with Gasteiger partial charge in [-0.05, 0) is 62.4 Å². The highest BCUT2D eigenvalue weighted by molar-refractivity contribution is 7.92. The van der Waals surface area contributed by atoms with E-state index < -0.39 is 28.5 Å². The number of aryl methyl sites for hydroxylation is 1. The summed E-state index contributed by atoms with van der Waals surface area (Å²) in [7, 11) is -4.06. The fourth-order valence-electron chi connectivity index (χ4n) is 5.22. The number of para-hydroxylation sites is 1. The highest BCUT2D eigenvalue weighted by Crippen LogP contribution is 2.27. The summed E-state index contributed by atoms with van der Waals surface area (Å²) in [5.74, 6) is -0.633. The Morgan fingerprint density at radius 1 is 0.875 bits per heavy atom. The third-order valence-corrected chi connectivity index (χ3v) is 9.37. The van der Waals surface area contributed by atoms with Gasteiger partial charge >= 0.3 is 0 Å². The Morgan fingerprint density at radius 3 is 2.12 bits per heavy atom. The largest absolute Gasteiger partial charge is 0.352 e. The number of hydrogen-bond donors (Lipinski definition) is 1. The van der Waals surface area contributed by atoms with Crippen molar-refractivity contribution >= 4 is 27.5 Å².